The number of hydrogen-bond donors (Lipinski definition) is 0. The molecule has 0 spiro atoms. The Labute approximate surface area is 174 Å². The van der Waals surface area contributed by atoms with Crippen LogP contribution in [0.15, 0.2) is 12.2 Å². The van der Waals surface area contributed by atoms with E-state index < -0.39 is 77.1 Å². The average molecular weight is 452 g/mol. The molecule has 11 heteroatoms. The Balaban J connectivity index is 1.65. The van der Waals surface area contributed by atoms with Crippen molar-refractivity contribution in [2.45, 2.75) is 80.8 Å². The molecule has 0 radical (unpaired) electrons. The van der Waals surface area contributed by atoms with E-state index in [1.165, 1.54) is 0 Å². The summed E-state index contributed by atoms with van der Waals surface area (Å²) in [5.74, 6) is -8.38. The highest BCUT2D eigenvalue weighted by molar-refractivity contribution is 5.97. The van der Waals surface area contributed by atoms with Crippen molar-refractivity contribution < 1.29 is 50.5 Å². The number of carbonyl (C=O) groups is 3. The molecule has 6 unspecified atom stereocenters. The van der Waals surface area contributed by atoms with Crippen LogP contribution in [0.5, 0.6) is 0 Å². The maximum Gasteiger partial charge on any atom is 0.422 e. The minimum atomic E-state index is -5.10. The fraction of sp³-hybridized carbons (Fsp3) is 0.750. The molecule has 1 saturated heterocycles. The number of esters is 3. The zero-order chi connectivity index (χ0) is 23.0. The van der Waals surface area contributed by atoms with Crippen molar-refractivity contribution in [1.82, 2.24) is 0 Å². The van der Waals surface area contributed by atoms with E-state index >= 15 is 8.78 Å². The Bertz CT molecular complexity index is 849. The third-order valence-corrected chi connectivity index (χ3v) is 7.31. The van der Waals surface area contributed by atoms with Crippen molar-refractivity contribution in [1.29, 1.82) is 0 Å². The van der Waals surface area contributed by atoms with Crippen molar-refractivity contribution in [3.8, 4) is 0 Å². The van der Waals surface area contributed by atoms with Crippen LogP contribution in [0.3, 0.4) is 0 Å². The summed E-state index contributed by atoms with van der Waals surface area (Å²) in [5.41, 5.74) is -9.75. The predicted octanol–water partition coefficient (Wildman–Crippen LogP) is 3.27. The molecule has 3 aliphatic carbocycles. The molecule has 0 amide bonds. The standard InChI is InChI=1S/C20H21F5O6/c1-3-17(6-4-5-7-17)31-16(28)19(22)10-8-11-13(30-15(27)18(11,19)21)12(10)29-14(26)9(2)20(23,24)25/h10-13H,2-8H2,1H3. The fourth-order valence-corrected chi connectivity index (χ4v) is 5.55. The van der Waals surface area contributed by atoms with Crippen LogP contribution in [0, 0.1) is 11.8 Å². The van der Waals surface area contributed by atoms with Gasteiger partial charge in [-0.05, 0) is 38.5 Å². The van der Waals surface area contributed by atoms with Crippen molar-refractivity contribution in [3.05, 3.63) is 12.2 Å². The van der Waals surface area contributed by atoms with E-state index in [0.717, 1.165) is 12.8 Å². The van der Waals surface area contributed by atoms with E-state index in [1.54, 1.807) is 6.92 Å². The number of rotatable bonds is 5. The molecule has 2 bridgehead atoms. The van der Waals surface area contributed by atoms with Crippen LogP contribution in [-0.2, 0) is 28.6 Å². The van der Waals surface area contributed by atoms with Crippen molar-refractivity contribution in [3.63, 3.8) is 0 Å². The highest BCUT2D eigenvalue weighted by Gasteiger charge is 2.88. The SMILES string of the molecule is C=C(C(=O)OC1C2OC(=O)C3(F)C2CC1C3(F)C(=O)OC1(CC)CCCC1)C(F)(F)F. The molecule has 0 aromatic rings. The predicted molar refractivity (Wildman–Crippen MR) is 91.8 cm³/mol. The summed E-state index contributed by atoms with van der Waals surface area (Å²) in [5, 5.41) is 0. The number of alkyl halides is 5. The maximum absolute atomic E-state index is 16.2. The van der Waals surface area contributed by atoms with Gasteiger partial charge in [-0.15, -0.1) is 0 Å². The van der Waals surface area contributed by atoms with Gasteiger partial charge in [0.1, 0.15) is 23.4 Å². The van der Waals surface area contributed by atoms with E-state index in [0.29, 0.717) is 19.3 Å². The van der Waals surface area contributed by atoms with Crippen LogP contribution in [0.2, 0.25) is 0 Å². The summed E-state index contributed by atoms with van der Waals surface area (Å²) in [7, 11) is 0. The molecule has 1 aliphatic heterocycles. The Morgan fingerprint density at radius 2 is 1.81 bits per heavy atom. The van der Waals surface area contributed by atoms with Crippen molar-refractivity contribution >= 4 is 17.9 Å². The molecule has 3 saturated carbocycles. The van der Waals surface area contributed by atoms with Gasteiger partial charge >= 0.3 is 24.1 Å². The summed E-state index contributed by atoms with van der Waals surface area (Å²) < 4.78 is 85.3. The zero-order valence-corrected chi connectivity index (χ0v) is 16.6. The fourth-order valence-electron chi connectivity index (χ4n) is 5.55. The molecule has 4 rings (SSSR count). The van der Waals surface area contributed by atoms with Crippen molar-refractivity contribution in [2.75, 3.05) is 0 Å². The topological polar surface area (TPSA) is 78.9 Å². The van der Waals surface area contributed by atoms with Crippen LogP contribution >= 0.6 is 0 Å². The van der Waals surface area contributed by atoms with Crippen LogP contribution in [0.4, 0.5) is 22.0 Å². The lowest BCUT2D eigenvalue weighted by molar-refractivity contribution is -0.201. The maximum atomic E-state index is 16.2. The van der Waals surface area contributed by atoms with Crippen LogP contribution in [-0.4, -0.2) is 53.2 Å². The lowest BCUT2D eigenvalue weighted by atomic mass is 9.73. The molecule has 6 atom stereocenters. The quantitative estimate of drug-likeness (QED) is 0.276. The number of carbonyl (C=O) groups excluding carboxylic acids is 3. The number of fused-ring (bicyclic) bond motifs is 1. The Kier molecular flexibility index (Phi) is 4.72. The monoisotopic (exact) mass is 452 g/mol. The van der Waals surface area contributed by atoms with E-state index in [4.69, 9.17) is 14.2 Å². The average Bonchev–Trinajstić information content (AvgIpc) is 3.40. The molecule has 0 N–H and O–H groups in total. The van der Waals surface area contributed by atoms with Gasteiger partial charge in [0.05, 0.1) is 0 Å². The molecular weight excluding hydrogens is 431 g/mol. The first-order valence-electron chi connectivity index (χ1n) is 10.1. The lowest BCUT2D eigenvalue weighted by Crippen LogP contribution is -2.64. The Hall–Kier alpha value is -2.20. The number of hydrogen-bond acceptors (Lipinski definition) is 6. The van der Waals surface area contributed by atoms with Gasteiger partial charge in [-0.3, -0.25) is 0 Å². The molecule has 4 aliphatic rings. The Morgan fingerprint density at radius 1 is 1.19 bits per heavy atom. The number of halogens is 5. The zero-order valence-electron chi connectivity index (χ0n) is 16.6. The van der Waals surface area contributed by atoms with E-state index in [1.807, 2.05) is 0 Å². The highest BCUT2D eigenvalue weighted by atomic mass is 19.4. The van der Waals surface area contributed by atoms with Crippen LogP contribution in [0.1, 0.15) is 45.4 Å². The molecule has 172 valence electrons. The summed E-state index contributed by atoms with van der Waals surface area (Å²) in [4.78, 5) is 37.1. The minimum Gasteiger partial charge on any atom is -0.457 e. The Morgan fingerprint density at radius 3 is 2.35 bits per heavy atom. The summed E-state index contributed by atoms with van der Waals surface area (Å²) in [6.45, 7) is 4.34. The second kappa shape index (κ2) is 6.65. The minimum absolute atomic E-state index is 0.346. The van der Waals surface area contributed by atoms with Gasteiger partial charge in [-0.2, -0.15) is 13.2 Å². The molecule has 1 heterocycles. The largest absolute Gasteiger partial charge is 0.457 e. The lowest BCUT2D eigenvalue weighted by Gasteiger charge is -2.40. The van der Waals surface area contributed by atoms with Crippen LogP contribution in [0.25, 0.3) is 0 Å². The normalized spacial score (nSPS) is 40.0. The van der Waals surface area contributed by atoms with Gasteiger partial charge in [-0.1, -0.05) is 13.5 Å². The van der Waals surface area contributed by atoms with E-state index in [9.17, 15) is 27.6 Å². The van der Waals surface area contributed by atoms with Crippen molar-refractivity contribution in [2.24, 2.45) is 11.8 Å². The molecule has 31 heavy (non-hydrogen) atoms. The second-order valence-corrected chi connectivity index (χ2v) is 8.72. The van der Waals surface area contributed by atoms with Crippen LogP contribution < -0.4 is 0 Å². The molecule has 6 nitrogen and oxygen atoms in total. The summed E-state index contributed by atoms with van der Waals surface area (Å²) >= 11 is 0. The molecule has 0 aromatic heterocycles. The van der Waals surface area contributed by atoms with E-state index in [2.05, 4.69) is 6.58 Å². The van der Waals surface area contributed by atoms with Gasteiger partial charge < -0.3 is 14.2 Å². The summed E-state index contributed by atoms with van der Waals surface area (Å²) in [6, 6.07) is 0. The van der Waals surface area contributed by atoms with Gasteiger partial charge in [0, 0.05) is 11.8 Å². The van der Waals surface area contributed by atoms with Gasteiger partial charge in [0.25, 0.3) is 11.3 Å². The van der Waals surface area contributed by atoms with Gasteiger partial charge in [0.2, 0.25) is 0 Å². The third-order valence-electron chi connectivity index (χ3n) is 7.31. The molecule has 4 fully saturated rings. The molecular formula is C20H21F5O6. The first kappa shape index (κ1) is 22.0. The first-order valence-corrected chi connectivity index (χ1v) is 10.1. The second-order valence-electron chi connectivity index (χ2n) is 8.72. The van der Waals surface area contributed by atoms with Gasteiger partial charge in [-0.25, -0.2) is 23.2 Å². The van der Waals surface area contributed by atoms with E-state index in [-0.39, 0.29) is 0 Å². The molecule has 0 aromatic carbocycles. The smallest absolute Gasteiger partial charge is 0.422 e. The first-order chi connectivity index (χ1) is 14.3. The highest BCUT2D eigenvalue weighted by Crippen LogP contribution is 2.66. The summed E-state index contributed by atoms with van der Waals surface area (Å²) in [6.07, 6.45) is -6.12. The van der Waals surface area contributed by atoms with Gasteiger partial charge in [0.15, 0.2) is 0 Å². The third kappa shape index (κ3) is 2.77. The number of ether oxygens (including phenoxy) is 3.